The number of hydrogen-bond acceptors (Lipinski definition) is 4. The first kappa shape index (κ1) is 14.0. The van der Waals surface area contributed by atoms with E-state index in [1.807, 2.05) is 26.0 Å². The minimum atomic E-state index is -0.282. The van der Waals surface area contributed by atoms with Gasteiger partial charge in [0.25, 0.3) is 5.91 Å². The van der Waals surface area contributed by atoms with E-state index in [2.05, 4.69) is 10.3 Å². The highest BCUT2D eigenvalue weighted by molar-refractivity contribution is 7.09. The highest BCUT2D eigenvalue weighted by Gasteiger charge is 2.14. The van der Waals surface area contributed by atoms with Gasteiger partial charge in [0.1, 0.15) is 10.7 Å². The van der Waals surface area contributed by atoms with Crippen LogP contribution in [0.5, 0.6) is 0 Å². The van der Waals surface area contributed by atoms with E-state index in [0.29, 0.717) is 16.4 Å². The summed E-state index contributed by atoms with van der Waals surface area (Å²) in [4.78, 5) is 16.2. The number of rotatable bonds is 3. The van der Waals surface area contributed by atoms with Gasteiger partial charge in [0, 0.05) is 5.38 Å². The van der Waals surface area contributed by atoms with Crippen LogP contribution in [0.25, 0.3) is 0 Å². The van der Waals surface area contributed by atoms with Gasteiger partial charge in [-0.1, -0.05) is 17.7 Å². The number of hydrogen-bond donors (Lipinski definition) is 2. The summed E-state index contributed by atoms with van der Waals surface area (Å²) in [7, 11) is 0. The summed E-state index contributed by atoms with van der Waals surface area (Å²) < 4.78 is 0. The summed E-state index contributed by atoms with van der Waals surface area (Å²) in [6.07, 6.45) is 0. The summed E-state index contributed by atoms with van der Waals surface area (Å²) in [6.45, 7) is 3.76. The number of thiazole rings is 1. The number of halogens is 1. The molecule has 1 atom stereocenters. The smallest absolute Gasteiger partial charge is 0.275 e. The third-order valence-electron chi connectivity index (χ3n) is 2.51. The van der Waals surface area contributed by atoms with Crippen molar-refractivity contribution in [3.05, 3.63) is 44.9 Å². The molecule has 1 unspecified atom stereocenters. The van der Waals surface area contributed by atoms with Gasteiger partial charge in [-0.25, -0.2) is 4.98 Å². The topological polar surface area (TPSA) is 68.0 Å². The van der Waals surface area contributed by atoms with Crippen molar-refractivity contribution in [1.29, 1.82) is 0 Å². The highest BCUT2D eigenvalue weighted by atomic mass is 35.5. The van der Waals surface area contributed by atoms with Crippen LogP contribution in [0.3, 0.4) is 0 Å². The monoisotopic (exact) mass is 295 g/mol. The average Bonchev–Trinajstić information content (AvgIpc) is 2.83. The van der Waals surface area contributed by atoms with Crippen molar-refractivity contribution >= 4 is 34.5 Å². The fourth-order valence-corrected chi connectivity index (χ4v) is 2.44. The van der Waals surface area contributed by atoms with E-state index in [1.165, 1.54) is 11.3 Å². The van der Waals surface area contributed by atoms with Gasteiger partial charge in [-0.2, -0.15) is 0 Å². The lowest BCUT2D eigenvalue weighted by molar-refractivity contribution is 0.102. The number of nitrogens with one attached hydrogen (secondary N) is 1. The highest BCUT2D eigenvalue weighted by Crippen LogP contribution is 2.24. The number of aromatic nitrogens is 1. The zero-order chi connectivity index (χ0) is 14.0. The molecule has 3 N–H and O–H groups in total. The fourth-order valence-electron chi connectivity index (χ4n) is 1.52. The van der Waals surface area contributed by atoms with Crippen LogP contribution in [-0.4, -0.2) is 10.9 Å². The van der Waals surface area contributed by atoms with E-state index in [1.54, 1.807) is 11.4 Å². The molecule has 0 aliphatic carbocycles. The summed E-state index contributed by atoms with van der Waals surface area (Å²) >= 11 is 7.40. The second-order valence-electron chi connectivity index (χ2n) is 4.30. The van der Waals surface area contributed by atoms with Gasteiger partial charge in [0.15, 0.2) is 0 Å². The number of anilines is 1. The molecule has 1 aromatic carbocycles. The van der Waals surface area contributed by atoms with Gasteiger partial charge in [0.05, 0.1) is 16.8 Å². The molecule has 2 aromatic rings. The first-order valence-corrected chi connectivity index (χ1v) is 7.01. The molecule has 0 aliphatic rings. The average molecular weight is 296 g/mol. The Balaban J connectivity index is 2.18. The number of amides is 1. The lowest BCUT2D eigenvalue weighted by Gasteiger charge is -2.06. The minimum Gasteiger partial charge on any atom is -0.322 e. The lowest BCUT2D eigenvalue weighted by atomic mass is 10.2. The van der Waals surface area contributed by atoms with Crippen LogP contribution in [0.2, 0.25) is 5.02 Å². The molecule has 0 saturated heterocycles. The van der Waals surface area contributed by atoms with Crippen LogP contribution in [0.15, 0.2) is 23.6 Å². The summed E-state index contributed by atoms with van der Waals surface area (Å²) in [6, 6.07) is 5.28. The number of nitrogens with two attached hydrogens (primary N) is 1. The van der Waals surface area contributed by atoms with E-state index in [0.717, 1.165) is 10.6 Å². The van der Waals surface area contributed by atoms with Crippen molar-refractivity contribution in [3.8, 4) is 0 Å². The molecule has 1 heterocycles. The van der Waals surface area contributed by atoms with E-state index >= 15 is 0 Å². The number of nitrogens with zero attached hydrogens (tertiary/aromatic N) is 1. The Morgan fingerprint density at radius 2 is 2.26 bits per heavy atom. The van der Waals surface area contributed by atoms with E-state index in [-0.39, 0.29) is 11.9 Å². The van der Waals surface area contributed by atoms with Crippen molar-refractivity contribution < 1.29 is 4.79 Å². The molecule has 2 rings (SSSR count). The first-order valence-electron chi connectivity index (χ1n) is 5.76. The van der Waals surface area contributed by atoms with Gasteiger partial charge in [-0.05, 0) is 31.5 Å². The SMILES string of the molecule is Cc1ccc(Cl)c(NC(=O)c2csc(C(C)N)n2)c1. The van der Waals surface area contributed by atoms with Crippen LogP contribution in [-0.2, 0) is 0 Å². The minimum absolute atomic E-state index is 0.172. The molecule has 1 amide bonds. The molecule has 100 valence electrons. The molecular formula is C13H14ClN3OS. The lowest BCUT2D eigenvalue weighted by Crippen LogP contribution is -2.13. The predicted molar refractivity (Wildman–Crippen MR) is 78.9 cm³/mol. The maximum absolute atomic E-state index is 12.0. The Kier molecular flexibility index (Phi) is 4.19. The second-order valence-corrected chi connectivity index (χ2v) is 5.59. The third-order valence-corrected chi connectivity index (χ3v) is 3.89. The van der Waals surface area contributed by atoms with Crippen molar-refractivity contribution in [3.63, 3.8) is 0 Å². The predicted octanol–water partition coefficient (Wildman–Crippen LogP) is 3.38. The van der Waals surface area contributed by atoms with Crippen LogP contribution >= 0.6 is 22.9 Å². The molecule has 0 fully saturated rings. The van der Waals surface area contributed by atoms with Crippen molar-refractivity contribution in [1.82, 2.24) is 4.98 Å². The molecule has 0 bridgehead atoms. The zero-order valence-electron chi connectivity index (χ0n) is 10.6. The third kappa shape index (κ3) is 3.32. The van der Waals surface area contributed by atoms with Gasteiger partial charge >= 0.3 is 0 Å². The molecular weight excluding hydrogens is 282 g/mol. The number of benzene rings is 1. The molecule has 0 aliphatic heterocycles. The number of carbonyl (C=O) groups is 1. The van der Waals surface area contributed by atoms with Crippen molar-refractivity contribution in [2.24, 2.45) is 5.73 Å². The second kappa shape index (κ2) is 5.69. The van der Waals surface area contributed by atoms with Crippen molar-refractivity contribution in [2.45, 2.75) is 19.9 Å². The zero-order valence-corrected chi connectivity index (χ0v) is 12.2. The summed E-state index contributed by atoms with van der Waals surface area (Å²) in [5, 5.41) is 5.68. The van der Waals surface area contributed by atoms with Crippen LogP contribution in [0.4, 0.5) is 5.69 Å². The largest absolute Gasteiger partial charge is 0.322 e. The Hall–Kier alpha value is -1.43. The molecule has 0 saturated carbocycles. The molecule has 6 heteroatoms. The normalized spacial score (nSPS) is 12.2. The van der Waals surface area contributed by atoms with Crippen molar-refractivity contribution in [2.75, 3.05) is 5.32 Å². The van der Waals surface area contributed by atoms with E-state index < -0.39 is 0 Å². The van der Waals surface area contributed by atoms with E-state index in [4.69, 9.17) is 17.3 Å². The fraction of sp³-hybridized carbons (Fsp3) is 0.231. The molecule has 1 aromatic heterocycles. The summed E-state index contributed by atoms with van der Waals surface area (Å²) in [5.41, 5.74) is 7.68. The van der Waals surface area contributed by atoms with Crippen LogP contribution < -0.4 is 11.1 Å². The Morgan fingerprint density at radius 1 is 1.53 bits per heavy atom. The molecule has 19 heavy (non-hydrogen) atoms. The van der Waals surface area contributed by atoms with Crippen LogP contribution in [0.1, 0.15) is 34.0 Å². The standard InChI is InChI=1S/C13H14ClN3OS/c1-7-3-4-9(14)10(5-7)16-12(18)11-6-19-13(17-11)8(2)15/h3-6,8H,15H2,1-2H3,(H,16,18). The van der Waals surface area contributed by atoms with E-state index in [9.17, 15) is 4.79 Å². The van der Waals surface area contributed by atoms with Crippen LogP contribution in [0, 0.1) is 6.92 Å². The molecule has 0 spiro atoms. The Labute approximate surface area is 120 Å². The quantitative estimate of drug-likeness (QED) is 0.912. The number of aryl methyl sites for hydroxylation is 1. The molecule has 0 radical (unpaired) electrons. The Morgan fingerprint density at radius 3 is 2.89 bits per heavy atom. The van der Waals surface area contributed by atoms with Gasteiger partial charge < -0.3 is 11.1 Å². The van der Waals surface area contributed by atoms with Gasteiger partial charge in [-0.15, -0.1) is 11.3 Å². The summed E-state index contributed by atoms with van der Waals surface area (Å²) in [5.74, 6) is -0.282. The number of carbonyl (C=O) groups excluding carboxylic acids is 1. The first-order chi connectivity index (χ1) is 8.97. The van der Waals surface area contributed by atoms with Gasteiger partial charge in [-0.3, -0.25) is 4.79 Å². The maximum Gasteiger partial charge on any atom is 0.275 e. The maximum atomic E-state index is 12.0. The Bertz CT molecular complexity index is 610. The molecule has 4 nitrogen and oxygen atoms in total. The van der Waals surface area contributed by atoms with Gasteiger partial charge in [0.2, 0.25) is 0 Å².